The molecule has 0 saturated carbocycles. The van der Waals surface area contributed by atoms with E-state index in [1.54, 1.807) is 0 Å². The van der Waals surface area contributed by atoms with Crippen molar-refractivity contribution in [3.05, 3.63) is 22.8 Å². The highest BCUT2D eigenvalue weighted by Gasteiger charge is 1.96. The summed E-state index contributed by atoms with van der Waals surface area (Å²) in [6.07, 6.45) is 1.92. The SMILES string of the molecule is Nc1cc(Cl)c(C#CC=O)cn1. The maximum absolute atomic E-state index is 9.89. The van der Waals surface area contributed by atoms with Gasteiger partial charge in [0, 0.05) is 12.3 Å². The van der Waals surface area contributed by atoms with Gasteiger partial charge in [-0.25, -0.2) is 4.98 Å². The summed E-state index contributed by atoms with van der Waals surface area (Å²) in [7, 11) is 0. The lowest BCUT2D eigenvalue weighted by Crippen LogP contribution is -1.90. The van der Waals surface area contributed by atoms with Crippen LogP contribution in [0.4, 0.5) is 5.82 Å². The molecule has 1 heterocycles. The third-order valence-electron chi connectivity index (χ3n) is 1.14. The van der Waals surface area contributed by atoms with E-state index in [1.165, 1.54) is 12.3 Å². The summed E-state index contributed by atoms with van der Waals surface area (Å²) < 4.78 is 0. The first-order valence-corrected chi connectivity index (χ1v) is 3.48. The first kappa shape index (κ1) is 8.57. The van der Waals surface area contributed by atoms with Crippen LogP contribution in [0.15, 0.2) is 12.3 Å². The lowest BCUT2D eigenvalue weighted by Gasteiger charge is -1.95. The Balaban J connectivity index is 3.09. The summed E-state index contributed by atoms with van der Waals surface area (Å²) in [5.41, 5.74) is 5.84. The predicted octanol–water partition coefficient (Wildman–Crippen LogP) is 0.868. The number of anilines is 1. The molecule has 0 saturated heterocycles. The van der Waals surface area contributed by atoms with E-state index in [-0.39, 0.29) is 0 Å². The predicted molar refractivity (Wildman–Crippen MR) is 46.6 cm³/mol. The van der Waals surface area contributed by atoms with Crippen molar-refractivity contribution in [1.82, 2.24) is 4.98 Å². The van der Waals surface area contributed by atoms with Gasteiger partial charge in [-0.1, -0.05) is 17.5 Å². The first-order chi connectivity index (χ1) is 5.74. The van der Waals surface area contributed by atoms with Crippen LogP contribution in [-0.4, -0.2) is 11.3 Å². The van der Waals surface area contributed by atoms with Crippen LogP contribution in [0.1, 0.15) is 5.56 Å². The van der Waals surface area contributed by atoms with Gasteiger partial charge in [-0.15, -0.1) is 0 Å². The van der Waals surface area contributed by atoms with Gasteiger partial charge in [-0.2, -0.15) is 0 Å². The molecule has 1 aromatic rings. The van der Waals surface area contributed by atoms with Crippen LogP contribution in [0, 0.1) is 11.8 Å². The number of rotatable bonds is 0. The van der Waals surface area contributed by atoms with E-state index < -0.39 is 0 Å². The van der Waals surface area contributed by atoms with E-state index in [2.05, 4.69) is 16.8 Å². The highest BCUT2D eigenvalue weighted by molar-refractivity contribution is 6.31. The molecule has 4 heteroatoms. The quantitative estimate of drug-likeness (QED) is 0.476. The van der Waals surface area contributed by atoms with Crippen LogP contribution >= 0.6 is 11.6 Å². The third kappa shape index (κ3) is 1.97. The van der Waals surface area contributed by atoms with Gasteiger partial charge >= 0.3 is 0 Å². The van der Waals surface area contributed by atoms with Gasteiger partial charge in [-0.05, 0) is 5.92 Å². The van der Waals surface area contributed by atoms with Crippen LogP contribution in [0.2, 0.25) is 5.02 Å². The number of hydrogen-bond acceptors (Lipinski definition) is 3. The Hall–Kier alpha value is -1.53. The molecule has 1 aromatic heterocycles. The molecule has 0 aliphatic rings. The fraction of sp³-hybridized carbons (Fsp3) is 0. The lowest BCUT2D eigenvalue weighted by atomic mass is 10.3. The van der Waals surface area contributed by atoms with E-state index in [1.807, 2.05) is 0 Å². The fourth-order valence-corrected chi connectivity index (χ4v) is 0.853. The van der Waals surface area contributed by atoms with E-state index in [0.29, 0.717) is 22.7 Å². The second-order valence-corrected chi connectivity index (χ2v) is 2.38. The van der Waals surface area contributed by atoms with Gasteiger partial charge in [0.1, 0.15) is 5.82 Å². The van der Waals surface area contributed by atoms with Crippen LogP contribution in [0.3, 0.4) is 0 Å². The molecule has 0 unspecified atom stereocenters. The number of carbonyl (C=O) groups is 1. The number of hydrogen-bond donors (Lipinski definition) is 1. The number of pyridine rings is 1. The molecular formula is C8H5ClN2O. The maximum Gasteiger partial charge on any atom is 0.193 e. The second kappa shape index (κ2) is 3.74. The number of nitrogens with two attached hydrogens (primary N) is 1. The molecule has 0 bridgehead atoms. The standard InChI is InChI=1S/C8H5ClN2O/c9-7-4-8(10)11-5-6(7)2-1-3-12/h3-5H,(H2,10,11). The Morgan fingerprint density at radius 3 is 3.00 bits per heavy atom. The molecule has 0 aromatic carbocycles. The highest BCUT2D eigenvalue weighted by atomic mass is 35.5. The Bertz CT molecular complexity index is 365. The first-order valence-electron chi connectivity index (χ1n) is 3.10. The summed E-state index contributed by atoms with van der Waals surface area (Å²) in [5, 5.41) is 0.400. The molecule has 0 atom stereocenters. The number of nitrogen functional groups attached to an aromatic ring is 1. The van der Waals surface area contributed by atoms with Crippen molar-refractivity contribution in [3.8, 4) is 11.8 Å². The van der Waals surface area contributed by atoms with Gasteiger partial charge in [-0.3, -0.25) is 4.79 Å². The molecule has 2 N–H and O–H groups in total. The molecule has 1 rings (SSSR count). The fourth-order valence-electron chi connectivity index (χ4n) is 0.645. The summed E-state index contributed by atoms with van der Waals surface area (Å²) in [4.78, 5) is 13.7. The van der Waals surface area contributed by atoms with Crippen molar-refractivity contribution in [2.24, 2.45) is 0 Å². The minimum Gasteiger partial charge on any atom is -0.384 e. The molecule has 0 fully saturated rings. The zero-order valence-electron chi connectivity index (χ0n) is 6.04. The molecule has 12 heavy (non-hydrogen) atoms. The molecule has 0 spiro atoms. The number of nitrogens with zero attached hydrogens (tertiary/aromatic N) is 1. The number of halogens is 1. The zero-order chi connectivity index (χ0) is 8.97. The number of carbonyl (C=O) groups excluding carboxylic acids is 1. The average Bonchev–Trinajstić information content (AvgIpc) is 2.03. The van der Waals surface area contributed by atoms with Crippen molar-refractivity contribution in [1.29, 1.82) is 0 Å². The maximum atomic E-state index is 9.89. The topological polar surface area (TPSA) is 56.0 Å². The monoisotopic (exact) mass is 180 g/mol. The number of aldehydes is 1. The number of aromatic nitrogens is 1. The third-order valence-corrected chi connectivity index (χ3v) is 1.45. The molecule has 0 aliphatic carbocycles. The minimum absolute atomic E-state index is 0.330. The zero-order valence-corrected chi connectivity index (χ0v) is 6.80. The van der Waals surface area contributed by atoms with Crippen molar-refractivity contribution < 1.29 is 4.79 Å². The van der Waals surface area contributed by atoms with Crippen molar-refractivity contribution in [3.63, 3.8) is 0 Å². The molecule has 3 nitrogen and oxygen atoms in total. The Labute approximate surface area is 74.5 Å². The van der Waals surface area contributed by atoms with Gasteiger partial charge in [0.2, 0.25) is 0 Å². The second-order valence-electron chi connectivity index (χ2n) is 1.98. The van der Waals surface area contributed by atoms with Crippen molar-refractivity contribution in [2.75, 3.05) is 5.73 Å². The summed E-state index contributed by atoms with van der Waals surface area (Å²) >= 11 is 5.73. The van der Waals surface area contributed by atoms with Gasteiger partial charge in [0.25, 0.3) is 0 Å². The normalized spacial score (nSPS) is 8.42. The van der Waals surface area contributed by atoms with Crippen LogP contribution < -0.4 is 5.73 Å². The summed E-state index contributed by atoms with van der Waals surface area (Å²) in [6.45, 7) is 0. The Morgan fingerprint density at radius 1 is 1.67 bits per heavy atom. The van der Waals surface area contributed by atoms with Gasteiger partial charge < -0.3 is 5.73 Å². The smallest absolute Gasteiger partial charge is 0.193 e. The minimum atomic E-state index is 0.330. The molecule has 0 amide bonds. The van der Waals surface area contributed by atoms with Crippen molar-refractivity contribution >= 4 is 23.7 Å². The molecule has 0 aliphatic heterocycles. The largest absolute Gasteiger partial charge is 0.384 e. The van der Waals surface area contributed by atoms with Crippen molar-refractivity contribution in [2.45, 2.75) is 0 Å². The summed E-state index contributed by atoms with van der Waals surface area (Å²) in [6, 6.07) is 1.48. The van der Waals surface area contributed by atoms with E-state index in [9.17, 15) is 4.79 Å². The Morgan fingerprint density at radius 2 is 2.42 bits per heavy atom. The molecular weight excluding hydrogens is 176 g/mol. The van der Waals surface area contributed by atoms with Gasteiger partial charge in [0.05, 0.1) is 10.6 Å². The van der Waals surface area contributed by atoms with Crippen LogP contribution in [0.25, 0.3) is 0 Å². The van der Waals surface area contributed by atoms with E-state index in [0.717, 1.165) is 0 Å². The molecule has 0 radical (unpaired) electrons. The van der Waals surface area contributed by atoms with Crippen LogP contribution in [0.5, 0.6) is 0 Å². The lowest BCUT2D eigenvalue weighted by molar-refractivity contribution is -0.103. The highest BCUT2D eigenvalue weighted by Crippen LogP contribution is 2.15. The molecule has 60 valence electrons. The van der Waals surface area contributed by atoms with Gasteiger partial charge in [0.15, 0.2) is 6.29 Å². The van der Waals surface area contributed by atoms with E-state index >= 15 is 0 Å². The van der Waals surface area contributed by atoms with Crippen LogP contribution in [-0.2, 0) is 4.79 Å². The van der Waals surface area contributed by atoms with E-state index in [4.69, 9.17) is 17.3 Å². The average molecular weight is 181 g/mol. The Kier molecular flexibility index (Phi) is 2.67. The summed E-state index contributed by atoms with van der Waals surface area (Å²) in [5.74, 6) is 5.08.